The van der Waals surface area contributed by atoms with Crippen molar-refractivity contribution in [1.29, 1.82) is 0 Å². The predicted molar refractivity (Wildman–Crippen MR) is 46.3 cm³/mol. The summed E-state index contributed by atoms with van der Waals surface area (Å²) < 4.78 is 24.7. The van der Waals surface area contributed by atoms with Gasteiger partial charge in [-0.15, -0.1) is 0 Å². The van der Waals surface area contributed by atoms with Crippen molar-refractivity contribution in [3.05, 3.63) is 48.1 Å². The minimum Gasteiger partial charge on any atom is -0.378 e. The summed E-state index contributed by atoms with van der Waals surface area (Å²) in [4.78, 5) is 0. The fourth-order valence-electron chi connectivity index (χ4n) is 1.01. The molecule has 0 saturated carbocycles. The second kappa shape index (κ2) is 3.66. The molecule has 0 fully saturated rings. The molecule has 1 rings (SSSR count). The molecule has 1 aromatic carbocycles. The van der Waals surface area contributed by atoms with Crippen molar-refractivity contribution in [3.63, 3.8) is 0 Å². The van der Waals surface area contributed by atoms with Gasteiger partial charge in [0.15, 0.2) is 5.83 Å². The topological polar surface area (TPSA) is 20.2 Å². The van der Waals surface area contributed by atoms with Gasteiger partial charge in [-0.25, -0.2) is 8.78 Å². The second-order valence-electron chi connectivity index (χ2n) is 2.90. The van der Waals surface area contributed by atoms with Crippen LogP contribution < -0.4 is 0 Å². The SMILES string of the molecule is CC(O)(/C(F)=C\F)c1ccccc1. The van der Waals surface area contributed by atoms with Gasteiger partial charge in [-0.3, -0.25) is 0 Å². The Morgan fingerprint density at radius 2 is 1.92 bits per heavy atom. The molecule has 3 heteroatoms. The molecule has 0 spiro atoms. The van der Waals surface area contributed by atoms with Gasteiger partial charge in [0.25, 0.3) is 0 Å². The molecule has 13 heavy (non-hydrogen) atoms. The van der Waals surface area contributed by atoms with Gasteiger partial charge < -0.3 is 5.11 Å². The highest BCUT2D eigenvalue weighted by atomic mass is 19.2. The molecular weight excluding hydrogens is 174 g/mol. The highest BCUT2D eigenvalue weighted by molar-refractivity contribution is 5.28. The van der Waals surface area contributed by atoms with E-state index in [-0.39, 0.29) is 6.33 Å². The molecule has 0 bridgehead atoms. The lowest BCUT2D eigenvalue weighted by Gasteiger charge is -2.20. The molecule has 1 atom stereocenters. The van der Waals surface area contributed by atoms with E-state index in [9.17, 15) is 13.9 Å². The average molecular weight is 184 g/mol. The molecule has 1 N–H and O–H groups in total. The summed E-state index contributed by atoms with van der Waals surface area (Å²) in [7, 11) is 0. The zero-order valence-electron chi connectivity index (χ0n) is 7.17. The normalized spacial score (nSPS) is 16.8. The highest BCUT2D eigenvalue weighted by Gasteiger charge is 2.28. The van der Waals surface area contributed by atoms with Gasteiger partial charge in [0.05, 0.1) is 0 Å². The zero-order chi connectivity index (χ0) is 9.90. The van der Waals surface area contributed by atoms with Crippen molar-refractivity contribution in [3.8, 4) is 0 Å². The van der Waals surface area contributed by atoms with Crippen molar-refractivity contribution in [1.82, 2.24) is 0 Å². The molecule has 0 saturated heterocycles. The minimum atomic E-state index is -1.88. The average Bonchev–Trinajstić information content (AvgIpc) is 2.18. The lowest BCUT2D eigenvalue weighted by Crippen LogP contribution is -2.21. The van der Waals surface area contributed by atoms with Crippen LogP contribution in [-0.4, -0.2) is 5.11 Å². The summed E-state index contributed by atoms with van der Waals surface area (Å²) in [6.45, 7) is 1.20. The third kappa shape index (κ3) is 1.92. The van der Waals surface area contributed by atoms with Gasteiger partial charge in [0.1, 0.15) is 11.9 Å². The van der Waals surface area contributed by atoms with Crippen molar-refractivity contribution in [2.45, 2.75) is 12.5 Å². The molecule has 1 aromatic rings. The maximum Gasteiger partial charge on any atom is 0.164 e. The van der Waals surface area contributed by atoms with Crippen LogP contribution in [0.3, 0.4) is 0 Å². The Hall–Kier alpha value is -1.22. The molecule has 0 aliphatic heterocycles. The Morgan fingerprint density at radius 3 is 2.38 bits per heavy atom. The second-order valence-corrected chi connectivity index (χ2v) is 2.90. The maximum atomic E-state index is 12.8. The number of aliphatic hydroxyl groups is 1. The number of benzene rings is 1. The van der Waals surface area contributed by atoms with E-state index in [4.69, 9.17) is 0 Å². The molecule has 0 radical (unpaired) electrons. The third-order valence-electron chi connectivity index (χ3n) is 1.90. The van der Waals surface area contributed by atoms with Crippen LogP contribution in [0.15, 0.2) is 42.5 Å². The summed E-state index contributed by atoms with van der Waals surface area (Å²) in [5, 5.41) is 9.57. The molecule has 0 aromatic heterocycles. The Balaban J connectivity index is 3.08. The minimum absolute atomic E-state index is 0.229. The number of hydrogen-bond donors (Lipinski definition) is 1. The van der Waals surface area contributed by atoms with Gasteiger partial charge in [-0.1, -0.05) is 30.3 Å². The third-order valence-corrected chi connectivity index (χ3v) is 1.90. The van der Waals surface area contributed by atoms with Gasteiger partial charge in [0, 0.05) is 0 Å². The van der Waals surface area contributed by atoms with E-state index in [1.807, 2.05) is 0 Å². The fraction of sp³-hybridized carbons (Fsp3) is 0.200. The van der Waals surface area contributed by atoms with E-state index in [1.165, 1.54) is 19.1 Å². The molecule has 0 aliphatic rings. The summed E-state index contributed by atoms with van der Waals surface area (Å²) in [5.41, 5.74) is -1.56. The lowest BCUT2D eigenvalue weighted by atomic mass is 9.95. The predicted octanol–water partition coefficient (Wildman–Crippen LogP) is 2.67. The Bertz CT molecular complexity index is 304. The van der Waals surface area contributed by atoms with Crippen molar-refractivity contribution < 1.29 is 13.9 Å². The first-order valence-corrected chi connectivity index (χ1v) is 3.83. The monoisotopic (exact) mass is 184 g/mol. The fourth-order valence-corrected chi connectivity index (χ4v) is 1.01. The molecule has 0 amide bonds. The first-order valence-electron chi connectivity index (χ1n) is 3.83. The van der Waals surface area contributed by atoms with Gasteiger partial charge in [0.2, 0.25) is 0 Å². The van der Waals surface area contributed by atoms with E-state index < -0.39 is 11.4 Å². The van der Waals surface area contributed by atoms with Crippen molar-refractivity contribution in [2.75, 3.05) is 0 Å². The largest absolute Gasteiger partial charge is 0.378 e. The Kier molecular flexibility index (Phi) is 2.78. The summed E-state index contributed by atoms with van der Waals surface area (Å²) in [5.74, 6) is -1.20. The van der Waals surface area contributed by atoms with Crippen molar-refractivity contribution in [2.24, 2.45) is 0 Å². The van der Waals surface area contributed by atoms with Gasteiger partial charge in [-0.2, -0.15) is 0 Å². The van der Waals surface area contributed by atoms with Crippen molar-refractivity contribution >= 4 is 0 Å². The molecule has 0 aliphatic carbocycles. The zero-order valence-corrected chi connectivity index (χ0v) is 7.17. The number of rotatable bonds is 2. The maximum absolute atomic E-state index is 12.8. The standard InChI is InChI=1S/C10H10F2O/c1-10(13,9(12)7-11)8-5-3-2-4-6-8/h2-7,13H,1H3/b9-7+. The molecule has 1 unspecified atom stereocenters. The smallest absolute Gasteiger partial charge is 0.164 e. The van der Waals surface area contributed by atoms with Gasteiger partial charge >= 0.3 is 0 Å². The van der Waals surface area contributed by atoms with Crippen LogP contribution in [-0.2, 0) is 5.60 Å². The van der Waals surface area contributed by atoms with Gasteiger partial charge in [-0.05, 0) is 12.5 Å². The highest BCUT2D eigenvalue weighted by Crippen LogP contribution is 2.29. The molecule has 0 heterocycles. The summed E-state index contributed by atoms with van der Waals surface area (Å²) in [6.07, 6.45) is -0.229. The van der Waals surface area contributed by atoms with Crippen LogP contribution in [0.4, 0.5) is 8.78 Å². The lowest BCUT2D eigenvalue weighted by molar-refractivity contribution is 0.0698. The molecular formula is C10H10F2O. The van der Waals surface area contributed by atoms with Crippen LogP contribution in [0.2, 0.25) is 0 Å². The first-order chi connectivity index (χ1) is 6.09. The van der Waals surface area contributed by atoms with E-state index in [0.29, 0.717) is 5.56 Å². The van der Waals surface area contributed by atoms with E-state index in [0.717, 1.165) is 0 Å². The van der Waals surface area contributed by atoms with Crippen LogP contribution in [0.25, 0.3) is 0 Å². The van der Waals surface area contributed by atoms with E-state index >= 15 is 0 Å². The Labute approximate surface area is 75.3 Å². The van der Waals surface area contributed by atoms with E-state index in [2.05, 4.69) is 0 Å². The van der Waals surface area contributed by atoms with E-state index in [1.54, 1.807) is 18.2 Å². The van der Waals surface area contributed by atoms with Crippen LogP contribution in [0.1, 0.15) is 12.5 Å². The summed E-state index contributed by atoms with van der Waals surface area (Å²) in [6, 6.07) is 8.09. The number of hydrogen-bond acceptors (Lipinski definition) is 1. The quantitative estimate of drug-likeness (QED) is 0.749. The molecule has 70 valence electrons. The first kappa shape index (κ1) is 9.86. The van der Waals surface area contributed by atoms with Crippen LogP contribution >= 0.6 is 0 Å². The van der Waals surface area contributed by atoms with Crippen LogP contribution in [0, 0.1) is 0 Å². The summed E-state index contributed by atoms with van der Waals surface area (Å²) >= 11 is 0. The molecule has 1 nitrogen and oxygen atoms in total. The number of halogens is 2. The van der Waals surface area contributed by atoms with Crippen LogP contribution in [0.5, 0.6) is 0 Å². The Morgan fingerprint density at radius 1 is 1.38 bits per heavy atom.